The lowest BCUT2D eigenvalue weighted by Crippen LogP contribution is -3.11. The highest BCUT2D eigenvalue weighted by Crippen LogP contribution is 2.37. The molecule has 0 spiro atoms. The molecule has 0 radical (unpaired) electrons. The summed E-state index contributed by atoms with van der Waals surface area (Å²) in [5.41, 5.74) is 0.997. The van der Waals surface area contributed by atoms with Crippen molar-refractivity contribution in [3.05, 3.63) is 24.3 Å². The first kappa shape index (κ1) is 18.8. The summed E-state index contributed by atoms with van der Waals surface area (Å²) in [6, 6.07) is 8.20. The van der Waals surface area contributed by atoms with Crippen LogP contribution in [0.1, 0.15) is 27.2 Å². The molecule has 2 amide bonds. The van der Waals surface area contributed by atoms with Gasteiger partial charge in [-0.2, -0.15) is 0 Å². The fraction of sp³-hybridized carbons (Fsp3) is 0.556. The molecule has 0 aliphatic carbocycles. The summed E-state index contributed by atoms with van der Waals surface area (Å²) in [7, 11) is 1.89. The molecule has 1 unspecified atom stereocenters. The van der Waals surface area contributed by atoms with Gasteiger partial charge in [-0.15, -0.1) is 11.8 Å². The molecule has 1 heterocycles. The van der Waals surface area contributed by atoms with Gasteiger partial charge in [-0.05, 0) is 32.4 Å². The Morgan fingerprint density at radius 3 is 2.75 bits per heavy atom. The van der Waals surface area contributed by atoms with Crippen molar-refractivity contribution in [2.45, 2.75) is 43.4 Å². The maximum Gasteiger partial charge on any atom is 0.282 e. The number of fused-ring (bicyclic) bond motifs is 1. The topological polar surface area (TPSA) is 53.9 Å². The first-order valence-corrected chi connectivity index (χ1v) is 9.41. The summed E-state index contributed by atoms with van der Waals surface area (Å²) in [6.45, 7) is 7.43. The van der Waals surface area contributed by atoms with Crippen LogP contribution in [0, 0.1) is 0 Å². The van der Waals surface area contributed by atoms with E-state index in [-0.39, 0.29) is 17.9 Å². The second-order valence-electron chi connectivity index (χ2n) is 6.76. The molecule has 1 aromatic carbocycles. The molecular weight excluding hydrogens is 322 g/mol. The normalized spacial score (nSPS) is 18.7. The molecule has 0 saturated carbocycles. The van der Waals surface area contributed by atoms with Crippen LogP contribution >= 0.6 is 11.8 Å². The smallest absolute Gasteiger partial charge is 0.282 e. The molecular formula is C18H28N3O2S+. The fourth-order valence-corrected chi connectivity index (χ4v) is 3.92. The third-order valence-electron chi connectivity index (χ3n) is 3.91. The Bertz CT molecular complexity index is 591. The second kappa shape index (κ2) is 8.53. The van der Waals surface area contributed by atoms with Crippen LogP contribution < -0.4 is 15.1 Å². The largest absolute Gasteiger partial charge is 0.349 e. The average molecular weight is 351 g/mol. The van der Waals surface area contributed by atoms with Gasteiger partial charge in [0.05, 0.1) is 12.7 Å². The van der Waals surface area contributed by atoms with E-state index in [1.54, 1.807) is 0 Å². The Morgan fingerprint density at radius 2 is 2.04 bits per heavy atom. The van der Waals surface area contributed by atoms with Crippen LogP contribution in [0.15, 0.2) is 29.2 Å². The van der Waals surface area contributed by atoms with Crippen LogP contribution in [0.2, 0.25) is 0 Å². The third kappa shape index (κ3) is 5.24. The summed E-state index contributed by atoms with van der Waals surface area (Å²) in [4.78, 5) is 28.6. The molecule has 1 aromatic rings. The maximum atomic E-state index is 12.8. The first-order valence-electron chi connectivity index (χ1n) is 8.53. The summed E-state index contributed by atoms with van der Waals surface area (Å²) >= 11 is 1.83. The zero-order valence-electron chi connectivity index (χ0n) is 15.0. The lowest BCUT2D eigenvalue weighted by molar-refractivity contribution is -0.862. The van der Waals surface area contributed by atoms with Crippen molar-refractivity contribution in [1.29, 1.82) is 0 Å². The molecule has 132 valence electrons. The predicted molar refractivity (Wildman–Crippen MR) is 98.6 cm³/mol. The van der Waals surface area contributed by atoms with Crippen LogP contribution in [0.4, 0.5) is 5.69 Å². The lowest BCUT2D eigenvalue weighted by Gasteiger charge is -2.24. The molecule has 1 aliphatic rings. The van der Waals surface area contributed by atoms with Crippen molar-refractivity contribution in [3.63, 3.8) is 0 Å². The van der Waals surface area contributed by atoms with E-state index in [2.05, 4.69) is 18.3 Å². The Kier molecular flexibility index (Phi) is 6.69. The number of nitrogens with one attached hydrogen (secondary N) is 2. The number of carbonyl (C=O) groups excluding carboxylic acids is 2. The van der Waals surface area contributed by atoms with E-state index in [0.717, 1.165) is 28.4 Å². The molecule has 2 N–H and O–H groups in total. The number of nitrogens with zero attached hydrogens (tertiary/aromatic N) is 1. The molecule has 0 saturated heterocycles. The monoisotopic (exact) mass is 350 g/mol. The van der Waals surface area contributed by atoms with E-state index < -0.39 is 0 Å². The van der Waals surface area contributed by atoms with Gasteiger partial charge in [0.1, 0.15) is 0 Å². The Balaban J connectivity index is 2.02. The maximum absolute atomic E-state index is 12.8. The molecule has 0 fully saturated rings. The van der Waals surface area contributed by atoms with Crippen LogP contribution in [-0.4, -0.2) is 49.8 Å². The quantitative estimate of drug-likeness (QED) is 0.831. The van der Waals surface area contributed by atoms with Gasteiger partial charge >= 0.3 is 0 Å². The zero-order valence-corrected chi connectivity index (χ0v) is 15.8. The summed E-state index contributed by atoms with van der Waals surface area (Å²) in [6.07, 6.45) is 0.970. The van der Waals surface area contributed by atoms with Gasteiger partial charge < -0.3 is 15.1 Å². The van der Waals surface area contributed by atoms with Crippen molar-refractivity contribution >= 4 is 29.3 Å². The average Bonchev–Trinajstić information content (AvgIpc) is 2.64. The van der Waals surface area contributed by atoms with Crippen molar-refractivity contribution in [2.75, 3.05) is 31.6 Å². The van der Waals surface area contributed by atoms with Gasteiger partial charge in [-0.25, -0.2) is 0 Å². The molecule has 24 heavy (non-hydrogen) atoms. The summed E-state index contributed by atoms with van der Waals surface area (Å²) < 4.78 is 0. The Labute approximate surface area is 148 Å². The second-order valence-corrected chi connectivity index (χ2v) is 8.24. The summed E-state index contributed by atoms with van der Waals surface area (Å²) in [5.74, 6) is 0.0581. The SMILES string of the molecule is CC(C)NC(=O)C[NH+](C)CC(=O)N1CC[C@@H](C)Sc2ccccc21. The van der Waals surface area contributed by atoms with Gasteiger partial charge in [0.25, 0.3) is 11.8 Å². The van der Waals surface area contributed by atoms with E-state index in [4.69, 9.17) is 0 Å². The van der Waals surface area contributed by atoms with Gasteiger partial charge in [0.2, 0.25) is 0 Å². The van der Waals surface area contributed by atoms with Gasteiger partial charge in [-0.1, -0.05) is 19.1 Å². The van der Waals surface area contributed by atoms with Crippen LogP contribution in [0.3, 0.4) is 0 Å². The molecule has 2 rings (SSSR count). The Morgan fingerprint density at radius 1 is 1.33 bits per heavy atom. The van der Waals surface area contributed by atoms with Crippen molar-refractivity contribution in [1.82, 2.24) is 5.32 Å². The van der Waals surface area contributed by atoms with E-state index in [1.165, 1.54) is 0 Å². The van der Waals surface area contributed by atoms with E-state index in [0.29, 0.717) is 18.3 Å². The first-order chi connectivity index (χ1) is 11.4. The molecule has 5 nitrogen and oxygen atoms in total. The van der Waals surface area contributed by atoms with Gasteiger partial charge in [0.15, 0.2) is 13.1 Å². The van der Waals surface area contributed by atoms with Gasteiger partial charge in [-0.3, -0.25) is 9.59 Å². The minimum absolute atomic E-state index is 0.0178. The van der Waals surface area contributed by atoms with Crippen molar-refractivity contribution in [3.8, 4) is 0 Å². The number of quaternary nitrogens is 1. The third-order valence-corrected chi connectivity index (χ3v) is 5.15. The number of benzene rings is 1. The Hall–Kier alpha value is -1.53. The molecule has 0 aromatic heterocycles. The zero-order chi connectivity index (χ0) is 17.7. The molecule has 6 heteroatoms. The number of carbonyl (C=O) groups is 2. The van der Waals surface area contributed by atoms with E-state index >= 15 is 0 Å². The van der Waals surface area contributed by atoms with Crippen LogP contribution in [0.25, 0.3) is 0 Å². The number of likely N-dealkylation sites (N-methyl/N-ethyl adjacent to an activating group) is 1. The minimum Gasteiger partial charge on any atom is -0.349 e. The molecule has 0 bridgehead atoms. The molecule has 1 aliphatic heterocycles. The van der Waals surface area contributed by atoms with E-state index in [1.807, 2.05) is 55.8 Å². The highest BCUT2D eigenvalue weighted by molar-refractivity contribution is 8.00. The van der Waals surface area contributed by atoms with E-state index in [9.17, 15) is 9.59 Å². The minimum atomic E-state index is -0.0178. The van der Waals surface area contributed by atoms with Gasteiger partial charge in [0, 0.05) is 22.7 Å². The van der Waals surface area contributed by atoms with Crippen LogP contribution in [-0.2, 0) is 9.59 Å². The predicted octanol–water partition coefficient (Wildman–Crippen LogP) is 0.943. The highest BCUT2D eigenvalue weighted by atomic mass is 32.2. The highest BCUT2D eigenvalue weighted by Gasteiger charge is 2.26. The number of hydrogen-bond acceptors (Lipinski definition) is 3. The number of hydrogen-bond donors (Lipinski definition) is 2. The number of thioether (sulfide) groups is 1. The van der Waals surface area contributed by atoms with Crippen molar-refractivity contribution in [2.24, 2.45) is 0 Å². The lowest BCUT2D eigenvalue weighted by atomic mass is 10.2. The van der Waals surface area contributed by atoms with Crippen LogP contribution in [0.5, 0.6) is 0 Å². The summed E-state index contributed by atoms with van der Waals surface area (Å²) in [5, 5.41) is 3.36. The number of para-hydroxylation sites is 1. The van der Waals surface area contributed by atoms with Crippen molar-refractivity contribution < 1.29 is 14.5 Å². The number of rotatable bonds is 5. The fourth-order valence-electron chi connectivity index (χ4n) is 2.81. The number of anilines is 1. The molecule has 2 atom stereocenters. The standard InChI is InChI=1S/C18H27N3O2S/c1-13(2)19-17(22)11-20(4)12-18(23)21-10-9-14(3)24-16-8-6-5-7-15(16)21/h5-8,13-14H,9-12H2,1-4H3,(H,19,22)/p+1/t14-/m1/s1. The number of amides is 2.